The van der Waals surface area contributed by atoms with Gasteiger partial charge in [-0.15, -0.1) is 0 Å². The van der Waals surface area contributed by atoms with Crippen molar-refractivity contribution < 1.29 is 19.8 Å². The van der Waals surface area contributed by atoms with Crippen molar-refractivity contribution in [3.63, 3.8) is 0 Å². The minimum absolute atomic E-state index is 0.0116. The van der Waals surface area contributed by atoms with Gasteiger partial charge in [0.2, 0.25) is 0 Å². The molecule has 128 valence electrons. The van der Waals surface area contributed by atoms with Gasteiger partial charge in [-0.25, -0.2) is 0 Å². The Morgan fingerprint density at radius 2 is 1.96 bits per heavy atom. The number of fused-ring (bicyclic) bond motifs is 5. The monoisotopic (exact) mass is 320 g/mol. The Bertz CT molecular complexity index is 543. The van der Waals surface area contributed by atoms with E-state index in [1.54, 1.807) is 0 Å². The van der Waals surface area contributed by atoms with E-state index in [1.807, 2.05) is 0 Å². The Hall–Kier alpha value is -0.740. The van der Waals surface area contributed by atoms with E-state index in [1.165, 1.54) is 0 Å². The van der Waals surface area contributed by atoms with Crippen molar-refractivity contribution in [2.45, 2.75) is 64.4 Å². The Labute approximate surface area is 137 Å². The van der Waals surface area contributed by atoms with Crippen molar-refractivity contribution in [2.75, 3.05) is 6.61 Å². The number of ketones is 2. The minimum Gasteiger partial charge on any atom is -0.396 e. The number of carbonyl (C=O) groups excluding carboxylic acids is 2. The minimum atomic E-state index is -0.378. The lowest BCUT2D eigenvalue weighted by Gasteiger charge is -2.58. The van der Waals surface area contributed by atoms with E-state index in [2.05, 4.69) is 6.92 Å². The predicted octanol–water partition coefficient (Wildman–Crippen LogP) is 2.11. The van der Waals surface area contributed by atoms with Crippen molar-refractivity contribution in [2.24, 2.45) is 34.5 Å². The predicted molar refractivity (Wildman–Crippen MR) is 84.5 cm³/mol. The maximum Gasteiger partial charge on any atom is 0.136 e. The molecule has 4 saturated carbocycles. The Balaban J connectivity index is 1.70. The molecule has 23 heavy (non-hydrogen) atoms. The fourth-order valence-electron chi connectivity index (χ4n) is 6.81. The van der Waals surface area contributed by atoms with Crippen LogP contribution in [0.4, 0.5) is 0 Å². The maximum absolute atomic E-state index is 13.0. The number of aliphatic hydroxyl groups is 2. The van der Waals surface area contributed by atoms with Gasteiger partial charge in [-0.1, -0.05) is 6.92 Å². The van der Waals surface area contributed by atoms with Gasteiger partial charge in [-0.2, -0.15) is 0 Å². The Morgan fingerprint density at radius 3 is 2.70 bits per heavy atom. The molecule has 4 rings (SSSR count). The molecule has 4 aliphatic carbocycles. The smallest absolute Gasteiger partial charge is 0.136 e. The zero-order chi connectivity index (χ0) is 16.4. The number of hydrogen-bond acceptors (Lipinski definition) is 4. The lowest BCUT2D eigenvalue weighted by molar-refractivity contribution is -0.159. The quantitative estimate of drug-likeness (QED) is 0.776. The first kappa shape index (κ1) is 15.8. The molecule has 4 heteroatoms. The zero-order valence-corrected chi connectivity index (χ0v) is 14.0. The molecule has 0 saturated heterocycles. The highest BCUT2D eigenvalue weighted by molar-refractivity contribution is 5.86. The summed E-state index contributed by atoms with van der Waals surface area (Å²) in [6.07, 6.45) is 5.46. The molecule has 0 bridgehead atoms. The number of aliphatic hydroxyl groups excluding tert-OH is 2. The zero-order valence-electron chi connectivity index (χ0n) is 14.0. The van der Waals surface area contributed by atoms with Crippen LogP contribution in [0.2, 0.25) is 0 Å². The summed E-state index contributed by atoms with van der Waals surface area (Å²) in [4.78, 5) is 24.8. The van der Waals surface area contributed by atoms with Crippen LogP contribution in [0, 0.1) is 34.5 Å². The van der Waals surface area contributed by atoms with E-state index in [4.69, 9.17) is 0 Å². The standard InChI is InChI=1S/C19H28O4/c1-18-4-2-12(21)6-11(18)7-16(23)17-14(18)3-5-19(10-20)9-13(22)8-15(17)19/h11,13-15,17,20,22H,2-10H2,1H3/t11-,13+,14-,15+,17+,18+,19+/m1/s1. The molecule has 0 heterocycles. The molecule has 0 aliphatic heterocycles. The van der Waals surface area contributed by atoms with Crippen LogP contribution in [0.5, 0.6) is 0 Å². The van der Waals surface area contributed by atoms with E-state index < -0.39 is 0 Å². The molecule has 0 amide bonds. The summed E-state index contributed by atoms with van der Waals surface area (Å²) in [5, 5.41) is 20.2. The van der Waals surface area contributed by atoms with Crippen LogP contribution in [-0.2, 0) is 9.59 Å². The second kappa shape index (κ2) is 5.13. The van der Waals surface area contributed by atoms with Gasteiger partial charge in [0, 0.05) is 31.8 Å². The van der Waals surface area contributed by atoms with Crippen LogP contribution in [0.15, 0.2) is 0 Å². The van der Waals surface area contributed by atoms with E-state index in [0.717, 1.165) is 19.3 Å². The molecule has 0 radical (unpaired) electrons. The van der Waals surface area contributed by atoms with Crippen molar-refractivity contribution in [1.29, 1.82) is 0 Å². The number of carbonyl (C=O) groups is 2. The van der Waals surface area contributed by atoms with Gasteiger partial charge in [-0.3, -0.25) is 9.59 Å². The fraction of sp³-hybridized carbons (Fsp3) is 0.895. The summed E-state index contributed by atoms with van der Waals surface area (Å²) in [5.41, 5.74) is -0.161. The van der Waals surface area contributed by atoms with Crippen LogP contribution in [-0.4, -0.2) is 34.5 Å². The molecule has 0 aromatic carbocycles. The molecule has 2 N–H and O–H groups in total. The van der Waals surface area contributed by atoms with Crippen LogP contribution >= 0.6 is 0 Å². The van der Waals surface area contributed by atoms with Gasteiger partial charge in [0.25, 0.3) is 0 Å². The average molecular weight is 320 g/mol. The summed E-state index contributed by atoms with van der Waals surface area (Å²) in [6, 6.07) is 0. The summed E-state index contributed by atoms with van der Waals surface area (Å²) >= 11 is 0. The average Bonchev–Trinajstić information content (AvgIpc) is 2.86. The van der Waals surface area contributed by atoms with Gasteiger partial charge >= 0.3 is 0 Å². The van der Waals surface area contributed by atoms with Crippen molar-refractivity contribution in [1.82, 2.24) is 0 Å². The molecular weight excluding hydrogens is 292 g/mol. The van der Waals surface area contributed by atoms with E-state index in [-0.39, 0.29) is 41.3 Å². The van der Waals surface area contributed by atoms with E-state index in [9.17, 15) is 19.8 Å². The molecule has 0 aromatic rings. The van der Waals surface area contributed by atoms with Crippen LogP contribution in [0.3, 0.4) is 0 Å². The normalized spacial score (nSPS) is 52.7. The van der Waals surface area contributed by atoms with Gasteiger partial charge in [0.05, 0.1) is 6.10 Å². The van der Waals surface area contributed by atoms with Gasteiger partial charge in [0.1, 0.15) is 11.6 Å². The summed E-state index contributed by atoms with van der Waals surface area (Å²) in [7, 11) is 0. The first-order chi connectivity index (χ1) is 10.9. The summed E-state index contributed by atoms with van der Waals surface area (Å²) < 4.78 is 0. The Kier molecular flexibility index (Phi) is 3.51. The van der Waals surface area contributed by atoms with Gasteiger partial charge in [-0.05, 0) is 60.7 Å². The number of hydrogen-bond donors (Lipinski definition) is 2. The van der Waals surface area contributed by atoms with Crippen LogP contribution in [0.1, 0.15) is 58.3 Å². The molecular formula is C19H28O4. The van der Waals surface area contributed by atoms with Crippen molar-refractivity contribution in [3.8, 4) is 0 Å². The second-order valence-corrected chi connectivity index (χ2v) is 9.01. The third kappa shape index (κ3) is 2.10. The molecule has 0 unspecified atom stereocenters. The second-order valence-electron chi connectivity index (χ2n) is 9.01. The van der Waals surface area contributed by atoms with Gasteiger partial charge in [0.15, 0.2) is 0 Å². The van der Waals surface area contributed by atoms with Crippen molar-refractivity contribution >= 4 is 11.6 Å². The van der Waals surface area contributed by atoms with E-state index in [0.29, 0.717) is 49.6 Å². The lowest BCUT2D eigenvalue weighted by atomic mass is 9.45. The third-order valence-corrected chi connectivity index (χ3v) is 8.11. The first-order valence-corrected chi connectivity index (χ1v) is 9.23. The topological polar surface area (TPSA) is 74.6 Å². The highest BCUT2D eigenvalue weighted by atomic mass is 16.3. The van der Waals surface area contributed by atoms with Crippen molar-refractivity contribution in [3.05, 3.63) is 0 Å². The third-order valence-electron chi connectivity index (χ3n) is 8.11. The number of rotatable bonds is 1. The molecule has 0 aromatic heterocycles. The largest absolute Gasteiger partial charge is 0.396 e. The molecule has 7 atom stereocenters. The van der Waals surface area contributed by atoms with E-state index >= 15 is 0 Å². The summed E-state index contributed by atoms with van der Waals surface area (Å²) in [6.45, 7) is 2.38. The molecule has 0 spiro atoms. The number of Topliss-reactive ketones (excluding diaryl/α,β-unsaturated/α-hetero) is 2. The van der Waals surface area contributed by atoms with Gasteiger partial charge < -0.3 is 10.2 Å². The Morgan fingerprint density at radius 1 is 1.17 bits per heavy atom. The van der Waals surface area contributed by atoms with Crippen LogP contribution < -0.4 is 0 Å². The SMILES string of the molecule is C[C@]12CCC(=O)C[C@@H]1CC(=O)[C@H]1[C@H]2CC[C@@]2(CO)C[C@@H](O)C[C@@H]12. The molecule has 4 aliphatic rings. The molecule has 4 nitrogen and oxygen atoms in total. The lowest BCUT2D eigenvalue weighted by Crippen LogP contribution is -2.57. The molecule has 4 fully saturated rings. The maximum atomic E-state index is 13.0. The first-order valence-electron chi connectivity index (χ1n) is 9.23. The highest BCUT2D eigenvalue weighted by Gasteiger charge is 2.62. The summed E-state index contributed by atoms with van der Waals surface area (Å²) in [5.74, 6) is 1.27. The fourth-order valence-corrected chi connectivity index (χ4v) is 6.81. The highest BCUT2D eigenvalue weighted by Crippen LogP contribution is 2.65. The van der Waals surface area contributed by atoms with Crippen LogP contribution in [0.25, 0.3) is 0 Å².